The molecule has 0 saturated heterocycles. The Hall–Kier alpha value is -2.04. The molecule has 0 bridgehead atoms. The summed E-state index contributed by atoms with van der Waals surface area (Å²) in [5.41, 5.74) is 0. The van der Waals surface area contributed by atoms with Crippen LogP contribution in [0.5, 0.6) is 0 Å². The molecule has 0 saturated carbocycles. The molecule has 128 valence electrons. The van der Waals surface area contributed by atoms with Gasteiger partial charge in [-0.3, -0.25) is 0 Å². The first kappa shape index (κ1) is 17.8. The van der Waals surface area contributed by atoms with Crippen molar-refractivity contribution in [1.29, 1.82) is 0 Å². The Bertz CT molecular complexity index is 901. The van der Waals surface area contributed by atoms with Crippen LogP contribution in [0, 0.1) is 29.1 Å². The minimum atomic E-state index is -3.49. The van der Waals surface area contributed by atoms with E-state index in [1.807, 2.05) is 0 Å². The van der Waals surface area contributed by atoms with Gasteiger partial charge in [-0.1, -0.05) is 72.5 Å². The topological polar surface area (TPSA) is 0 Å². The fourth-order valence-corrected chi connectivity index (χ4v) is 6.51. The zero-order valence-electron chi connectivity index (χ0n) is 12.5. The normalized spacial score (nSPS) is 11.6. The van der Waals surface area contributed by atoms with E-state index in [1.54, 1.807) is 36.4 Å². The lowest BCUT2D eigenvalue weighted by Crippen LogP contribution is -2.31. The second-order valence-electron chi connectivity index (χ2n) is 5.20. The summed E-state index contributed by atoms with van der Waals surface area (Å²) in [5.74, 6) is -9.94. The van der Waals surface area contributed by atoms with E-state index < -0.39 is 40.4 Å². The second-order valence-corrected chi connectivity index (χ2v) is 9.54. The number of rotatable bonds is 3. The third-order valence-corrected chi connectivity index (χ3v) is 8.63. The molecule has 0 aliphatic carbocycles. The Morgan fingerprint density at radius 1 is 0.520 bits per heavy atom. The van der Waals surface area contributed by atoms with Gasteiger partial charge in [0.1, 0.15) is 0 Å². The molecule has 0 aliphatic rings. The fourth-order valence-electron chi connectivity index (χ4n) is 2.55. The quantitative estimate of drug-likeness (QED) is 0.283. The third-order valence-electron chi connectivity index (χ3n) is 3.74. The molecule has 0 unspecified atom stereocenters. The number of hydrogen-bond donors (Lipinski definition) is 0. The van der Waals surface area contributed by atoms with E-state index in [4.69, 9.17) is 11.8 Å². The third kappa shape index (κ3) is 2.79. The first-order chi connectivity index (χ1) is 11.9. The molecule has 0 N–H and O–H groups in total. The van der Waals surface area contributed by atoms with E-state index in [1.165, 1.54) is 24.3 Å². The van der Waals surface area contributed by atoms with Gasteiger partial charge >= 0.3 is 0 Å². The van der Waals surface area contributed by atoms with Crippen LogP contribution in [0.1, 0.15) is 0 Å². The van der Waals surface area contributed by atoms with Crippen molar-refractivity contribution in [2.45, 2.75) is 0 Å². The maximum Gasteiger partial charge on any atom is 0.200 e. The van der Waals surface area contributed by atoms with Crippen LogP contribution < -0.4 is 15.9 Å². The Labute approximate surface area is 145 Å². The molecular weight excluding hydrogens is 374 g/mol. The first-order valence-electron chi connectivity index (χ1n) is 7.12. The molecule has 7 heteroatoms. The first-order valence-corrected chi connectivity index (χ1v) is 9.92. The monoisotopic (exact) mass is 384 g/mol. The van der Waals surface area contributed by atoms with Crippen molar-refractivity contribution in [3.05, 3.63) is 89.7 Å². The lowest BCUT2D eigenvalue weighted by molar-refractivity contribution is 0.384. The predicted molar refractivity (Wildman–Crippen MR) is 92.3 cm³/mol. The molecule has 0 aliphatic heterocycles. The lowest BCUT2D eigenvalue weighted by atomic mass is 10.3. The van der Waals surface area contributed by atoms with Crippen LogP contribution >= 0.6 is 6.04 Å². The fraction of sp³-hybridized carbons (Fsp3) is 0. The minimum Gasteiger partial charge on any atom is -0.203 e. The molecule has 0 radical (unpaired) electrons. The molecule has 0 atom stereocenters. The summed E-state index contributed by atoms with van der Waals surface area (Å²) in [5, 5.41) is -0.282. The summed E-state index contributed by atoms with van der Waals surface area (Å²) < 4.78 is 70.0. The van der Waals surface area contributed by atoms with Gasteiger partial charge in [0, 0.05) is 6.04 Å². The summed E-state index contributed by atoms with van der Waals surface area (Å²) in [6, 6.07) is 12.4. The van der Waals surface area contributed by atoms with Gasteiger partial charge in [-0.2, -0.15) is 0 Å². The van der Waals surface area contributed by atoms with Crippen molar-refractivity contribution in [3.8, 4) is 0 Å². The van der Waals surface area contributed by atoms with Crippen LogP contribution in [0.2, 0.25) is 0 Å². The van der Waals surface area contributed by atoms with Crippen molar-refractivity contribution in [2.75, 3.05) is 0 Å². The van der Waals surface area contributed by atoms with Gasteiger partial charge in [-0.05, 0) is 10.6 Å². The Morgan fingerprint density at radius 3 is 1.20 bits per heavy atom. The van der Waals surface area contributed by atoms with Crippen molar-refractivity contribution >= 4 is 33.8 Å². The van der Waals surface area contributed by atoms with Crippen LogP contribution in [-0.4, -0.2) is 0 Å². The van der Waals surface area contributed by atoms with Crippen LogP contribution in [0.15, 0.2) is 60.7 Å². The highest BCUT2D eigenvalue weighted by Crippen LogP contribution is 2.45. The lowest BCUT2D eigenvalue weighted by Gasteiger charge is -2.25. The summed E-state index contributed by atoms with van der Waals surface area (Å²) in [6.07, 6.45) is 0. The van der Waals surface area contributed by atoms with Gasteiger partial charge < -0.3 is 0 Å². The zero-order chi connectivity index (χ0) is 18.2. The van der Waals surface area contributed by atoms with Gasteiger partial charge in [-0.15, -0.1) is 0 Å². The van der Waals surface area contributed by atoms with E-state index in [0.717, 1.165) is 0 Å². The van der Waals surface area contributed by atoms with E-state index in [2.05, 4.69) is 0 Å². The van der Waals surface area contributed by atoms with Crippen LogP contribution in [-0.2, 0) is 11.8 Å². The second kappa shape index (κ2) is 6.70. The molecule has 3 aromatic carbocycles. The van der Waals surface area contributed by atoms with Crippen molar-refractivity contribution in [3.63, 3.8) is 0 Å². The summed E-state index contributed by atoms with van der Waals surface area (Å²) in [6.45, 7) is 0. The summed E-state index contributed by atoms with van der Waals surface area (Å²) in [7, 11) is 0. The van der Waals surface area contributed by atoms with Gasteiger partial charge in [0.25, 0.3) is 0 Å². The zero-order valence-corrected chi connectivity index (χ0v) is 14.2. The molecule has 3 rings (SSSR count). The summed E-state index contributed by atoms with van der Waals surface area (Å²) >= 11 is 5.61. The smallest absolute Gasteiger partial charge is 0.200 e. The molecule has 0 spiro atoms. The Kier molecular flexibility index (Phi) is 4.76. The molecular formula is C18H10F5PS. The average Bonchev–Trinajstić information content (AvgIpc) is 2.66. The van der Waals surface area contributed by atoms with Crippen LogP contribution in [0.25, 0.3) is 0 Å². The molecule has 3 aromatic rings. The highest BCUT2D eigenvalue weighted by Gasteiger charge is 2.36. The highest BCUT2D eigenvalue weighted by atomic mass is 32.4. The van der Waals surface area contributed by atoms with Gasteiger partial charge in [0.05, 0.1) is 5.30 Å². The molecule has 0 nitrogen and oxygen atoms in total. The average molecular weight is 384 g/mol. The van der Waals surface area contributed by atoms with Gasteiger partial charge in [0.2, 0.25) is 5.82 Å². The van der Waals surface area contributed by atoms with Crippen molar-refractivity contribution in [1.82, 2.24) is 0 Å². The Balaban J connectivity index is 2.46. The van der Waals surface area contributed by atoms with Gasteiger partial charge in [-0.25, -0.2) is 22.0 Å². The molecule has 0 amide bonds. The predicted octanol–water partition coefficient (Wildman–Crippen LogP) is 4.14. The minimum absolute atomic E-state index is 0.333. The van der Waals surface area contributed by atoms with Crippen molar-refractivity contribution < 1.29 is 22.0 Å². The maximum absolute atomic E-state index is 14.5. The van der Waals surface area contributed by atoms with Crippen LogP contribution in [0.3, 0.4) is 0 Å². The molecule has 0 fully saturated rings. The van der Waals surface area contributed by atoms with E-state index in [9.17, 15) is 22.0 Å². The Morgan fingerprint density at radius 2 is 0.840 bits per heavy atom. The standard InChI is InChI=1S/C18H10F5PS/c19-13-14(20)16(22)18(17(23)15(13)21)24(25,11-7-3-1-4-8-11)12-9-5-2-6-10-12/h1-10H. The SMILES string of the molecule is Fc1c(F)c(F)c(P(=S)(c2ccccc2)c2ccccc2)c(F)c1F. The van der Waals surface area contributed by atoms with Crippen molar-refractivity contribution in [2.24, 2.45) is 0 Å². The van der Waals surface area contributed by atoms with Gasteiger partial charge in [0.15, 0.2) is 23.3 Å². The highest BCUT2D eigenvalue weighted by molar-refractivity contribution is 8.25. The summed E-state index contributed by atoms with van der Waals surface area (Å²) in [4.78, 5) is 0. The molecule has 0 aromatic heterocycles. The number of benzene rings is 3. The molecule has 25 heavy (non-hydrogen) atoms. The van der Waals surface area contributed by atoms with E-state index in [0.29, 0.717) is 10.6 Å². The maximum atomic E-state index is 14.5. The number of halogens is 5. The van der Waals surface area contributed by atoms with Crippen LogP contribution in [0.4, 0.5) is 22.0 Å². The van der Waals surface area contributed by atoms with E-state index in [-0.39, 0.29) is 0 Å². The largest absolute Gasteiger partial charge is 0.203 e. The van der Waals surface area contributed by atoms with E-state index >= 15 is 0 Å². The molecule has 0 heterocycles. The number of hydrogen-bond acceptors (Lipinski definition) is 1.